The Morgan fingerprint density at radius 2 is 1.72 bits per heavy atom. The van der Waals surface area contributed by atoms with Crippen LogP contribution in [0.1, 0.15) is 22.8 Å². The first-order valence-electron chi connectivity index (χ1n) is 9.76. The molecule has 0 aliphatic heterocycles. The summed E-state index contributed by atoms with van der Waals surface area (Å²) in [5.41, 5.74) is 2.75. The van der Waals surface area contributed by atoms with Crippen molar-refractivity contribution in [2.45, 2.75) is 13.3 Å². The summed E-state index contributed by atoms with van der Waals surface area (Å²) >= 11 is 0. The van der Waals surface area contributed by atoms with Crippen molar-refractivity contribution in [1.82, 2.24) is 14.8 Å². The van der Waals surface area contributed by atoms with E-state index in [1.807, 2.05) is 6.92 Å². The van der Waals surface area contributed by atoms with E-state index >= 15 is 0 Å². The van der Waals surface area contributed by atoms with Crippen molar-refractivity contribution in [2.75, 3.05) is 5.32 Å². The van der Waals surface area contributed by atoms with Gasteiger partial charge < -0.3 is 9.73 Å². The number of hydrogen-bond donors (Lipinski definition) is 1. The van der Waals surface area contributed by atoms with Gasteiger partial charge in [0.05, 0.1) is 5.56 Å². The van der Waals surface area contributed by atoms with E-state index in [0.717, 1.165) is 33.5 Å². The molecule has 0 unspecified atom stereocenters. The fourth-order valence-electron chi connectivity index (χ4n) is 3.36. The molecule has 0 spiro atoms. The van der Waals surface area contributed by atoms with E-state index in [9.17, 15) is 18.4 Å². The van der Waals surface area contributed by atoms with E-state index in [1.54, 1.807) is 36.7 Å². The fraction of sp³-hybridized carbons (Fsp3) is 0.130. The number of carbonyl (C=O) groups excluding carboxylic acids is 1. The highest BCUT2D eigenvalue weighted by atomic mass is 19.1. The Morgan fingerprint density at radius 1 is 1.06 bits per heavy atom. The monoisotopic (exact) mass is 436 g/mol. The maximum atomic E-state index is 13.8. The number of anilines is 1. The highest BCUT2D eigenvalue weighted by molar-refractivity contribution is 6.04. The molecule has 4 aromatic rings. The molecule has 1 N–H and O–H groups in total. The molecule has 1 amide bonds. The van der Waals surface area contributed by atoms with Crippen LogP contribution in [0.2, 0.25) is 0 Å². The molecule has 0 radical (unpaired) electrons. The third kappa shape index (κ3) is 3.92. The Hall–Kier alpha value is -4.14. The average Bonchev–Trinajstić information content (AvgIpc) is 3.13. The van der Waals surface area contributed by atoms with Gasteiger partial charge in [-0.2, -0.15) is 4.68 Å². The zero-order valence-corrected chi connectivity index (χ0v) is 17.2. The average molecular weight is 436 g/mol. The predicted molar refractivity (Wildman–Crippen MR) is 114 cm³/mol. The first-order chi connectivity index (χ1) is 15.4. The summed E-state index contributed by atoms with van der Waals surface area (Å²) in [5.74, 6) is -2.75. The minimum absolute atomic E-state index is 0.173. The quantitative estimate of drug-likeness (QED) is 0.507. The van der Waals surface area contributed by atoms with E-state index < -0.39 is 29.0 Å². The minimum Gasteiger partial charge on any atom is -0.388 e. The van der Waals surface area contributed by atoms with Gasteiger partial charge in [-0.05, 0) is 41.8 Å². The summed E-state index contributed by atoms with van der Waals surface area (Å²) < 4.78 is 33.9. The van der Waals surface area contributed by atoms with Crippen LogP contribution in [0.5, 0.6) is 0 Å². The molecule has 32 heavy (non-hydrogen) atoms. The van der Waals surface area contributed by atoms with Crippen molar-refractivity contribution < 1.29 is 18.0 Å². The molecule has 4 rings (SSSR count). The standard InChI is InChI=1S/C23H18F2N4O3/c1-3-15-16(11-26-12-17(15)22-28-29(2)23(31)32-22)13-7-9-14(10-8-13)21(30)27-20-18(24)5-4-6-19(20)25/h4-12H,3H2,1-2H3,(H,27,30). The number of amides is 1. The predicted octanol–water partition coefficient (Wildman–Crippen LogP) is 4.20. The lowest BCUT2D eigenvalue weighted by molar-refractivity contribution is 0.102. The first-order valence-corrected chi connectivity index (χ1v) is 9.76. The van der Waals surface area contributed by atoms with E-state index in [-0.39, 0.29) is 11.5 Å². The van der Waals surface area contributed by atoms with E-state index in [2.05, 4.69) is 15.4 Å². The van der Waals surface area contributed by atoms with Crippen LogP contribution in [0.25, 0.3) is 22.6 Å². The van der Waals surface area contributed by atoms with Gasteiger partial charge in [-0.3, -0.25) is 9.78 Å². The van der Waals surface area contributed by atoms with Crippen molar-refractivity contribution >= 4 is 11.6 Å². The molecule has 0 fully saturated rings. The van der Waals surface area contributed by atoms with Gasteiger partial charge in [-0.1, -0.05) is 25.1 Å². The number of aromatic nitrogens is 3. The van der Waals surface area contributed by atoms with Crippen molar-refractivity contribution in [3.63, 3.8) is 0 Å². The summed E-state index contributed by atoms with van der Waals surface area (Å²) in [6.45, 7) is 1.95. The Labute approximate surface area is 181 Å². The van der Waals surface area contributed by atoms with Crippen molar-refractivity contribution in [3.05, 3.63) is 88.2 Å². The zero-order chi connectivity index (χ0) is 22.8. The fourth-order valence-corrected chi connectivity index (χ4v) is 3.36. The molecule has 2 aromatic heterocycles. The second-order valence-electron chi connectivity index (χ2n) is 6.99. The maximum Gasteiger partial charge on any atom is 0.437 e. The van der Waals surface area contributed by atoms with E-state index in [0.29, 0.717) is 12.0 Å². The molecular weight excluding hydrogens is 418 g/mol. The number of rotatable bonds is 5. The van der Waals surface area contributed by atoms with Crippen molar-refractivity contribution in [3.8, 4) is 22.6 Å². The molecule has 0 saturated carbocycles. The van der Waals surface area contributed by atoms with E-state index in [4.69, 9.17) is 4.42 Å². The van der Waals surface area contributed by atoms with Crippen molar-refractivity contribution in [2.24, 2.45) is 7.05 Å². The number of nitrogens with zero attached hydrogens (tertiary/aromatic N) is 3. The molecule has 2 heterocycles. The van der Waals surface area contributed by atoms with Crippen LogP contribution >= 0.6 is 0 Å². The number of para-hydroxylation sites is 1. The molecule has 2 aromatic carbocycles. The lowest BCUT2D eigenvalue weighted by Crippen LogP contribution is -2.14. The minimum atomic E-state index is -0.855. The summed E-state index contributed by atoms with van der Waals surface area (Å²) in [6, 6.07) is 9.88. The van der Waals surface area contributed by atoms with Crippen LogP contribution in [0, 0.1) is 11.6 Å². The first kappa shape index (κ1) is 21.1. The Morgan fingerprint density at radius 3 is 2.31 bits per heavy atom. The van der Waals surface area contributed by atoms with Gasteiger partial charge in [0, 0.05) is 30.6 Å². The molecule has 0 saturated heterocycles. The van der Waals surface area contributed by atoms with Gasteiger partial charge in [0.15, 0.2) is 0 Å². The molecule has 9 heteroatoms. The molecular formula is C23H18F2N4O3. The number of aryl methyl sites for hydroxylation is 1. The molecule has 0 bridgehead atoms. The topological polar surface area (TPSA) is 90.0 Å². The number of benzene rings is 2. The van der Waals surface area contributed by atoms with Crippen molar-refractivity contribution in [1.29, 1.82) is 0 Å². The highest BCUT2D eigenvalue weighted by Gasteiger charge is 2.17. The van der Waals surface area contributed by atoms with Crippen LogP contribution in [0.15, 0.2) is 64.1 Å². The van der Waals surface area contributed by atoms with Gasteiger partial charge >= 0.3 is 5.76 Å². The van der Waals surface area contributed by atoms with Crippen LogP contribution in [0.4, 0.5) is 14.5 Å². The Kier molecular flexibility index (Phi) is 5.63. The molecule has 162 valence electrons. The molecule has 0 aliphatic rings. The summed E-state index contributed by atoms with van der Waals surface area (Å²) in [7, 11) is 1.50. The molecule has 0 atom stereocenters. The van der Waals surface area contributed by atoms with Crippen LogP contribution < -0.4 is 11.1 Å². The number of nitrogens with one attached hydrogen (secondary N) is 1. The van der Waals surface area contributed by atoms with E-state index in [1.165, 1.54) is 13.1 Å². The normalized spacial score (nSPS) is 10.9. The van der Waals surface area contributed by atoms with Gasteiger partial charge in [0.1, 0.15) is 17.3 Å². The largest absolute Gasteiger partial charge is 0.437 e. The highest BCUT2D eigenvalue weighted by Crippen LogP contribution is 2.31. The SMILES string of the molecule is CCc1c(-c2ccc(C(=O)Nc3c(F)cccc3F)cc2)cncc1-c1nn(C)c(=O)o1. The van der Waals surface area contributed by atoms with Gasteiger partial charge in [0.25, 0.3) is 11.8 Å². The number of carbonyl (C=O) groups is 1. The van der Waals surface area contributed by atoms with Gasteiger partial charge in [-0.25, -0.2) is 13.6 Å². The summed E-state index contributed by atoms with van der Waals surface area (Å²) in [4.78, 5) is 28.4. The number of pyridine rings is 1. The molecule has 0 aliphatic carbocycles. The summed E-state index contributed by atoms with van der Waals surface area (Å²) in [6.07, 6.45) is 3.87. The Bertz CT molecular complexity index is 1340. The molecule has 7 nitrogen and oxygen atoms in total. The second-order valence-corrected chi connectivity index (χ2v) is 6.99. The maximum absolute atomic E-state index is 13.8. The third-order valence-electron chi connectivity index (χ3n) is 4.99. The number of hydrogen-bond acceptors (Lipinski definition) is 5. The number of halogens is 2. The van der Waals surface area contributed by atoms with Crippen LogP contribution in [-0.2, 0) is 13.5 Å². The third-order valence-corrected chi connectivity index (χ3v) is 4.99. The lowest BCUT2D eigenvalue weighted by atomic mass is 9.95. The smallest absolute Gasteiger partial charge is 0.388 e. The summed E-state index contributed by atoms with van der Waals surface area (Å²) in [5, 5.41) is 6.36. The van der Waals surface area contributed by atoms with Gasteiger partial charge in [0.2, 0.25) is 0 Å². The lowest BCUT2D eigenvalue weighted by Gasteiger charge is -2.12. The zero-order valence-electron chi connectivity index (χ0n) is 17.2. The van der Waals surface area contributed by atoms with Crippen LogP contribution in [-0.4, -0.2) is 20.7 Å². The van der Waals surface area contributed by atoms with Crippen LogP contribution in [0.3, 0.4) is 0 Å². The van der Waals surface area contributed by atoms with Gasteiger partial charge in [-0.15, -0.1) is 5.10 Å². The Balaban J connectivity index is 1.65. The second kappa shape index (κ2) is 8.54.